The molecule has 3 nitrogen and oxygen atoms in total. The summed E-state index contributed by atoms with van der Waals surface area (Å²) in [6.07, 6.45) is 2.64. The molecule has 0 saturated carbocycles. The molecule has 0 amide bonds. The van der Waals surface area contributed by atoms with Gasteiger partial charge in [-0.25, -0.2) is 4.79 Å². The van der Waals surface area contributed by atoms with E-state index in [1.54, 1.807) is 18.2 Å². The lowest BCUT2D eigenvalue weighted by molar-refractivity contribution is 0.0114. The highest BCUT2D eigenvalue weighted by atomic mass is 16.5. The molecule has 0 radical (unpaired) electrons. The van der Waals surface area contributed by atoms with Crippen molar-refractivity contribution in [3.8, 4) is 5.75 Å². The van der Waals surface area contributed by atoms with Crippen molar-refractivity contribution in [2.24, 2.45) is 17.3 Å². The molecule has 0 bridgehead atoms. The number of phenols is 1. The maximum absolute atomic E-state index is 12.4. The monoisotopic (exact) mass is 320 g/mol. The Morgan fingerprint density at radius 3 is 2.26 bits per heavy atom. The Morgan fingerprint density at radius 1 is 1.17 bits per heavy atom. The van der Waals surface area contributed by atoms with Crippen LogP contribution in [-0.2, 0) is 4.74 Å². The van der Waals surface area contributed by atoms with Crippen molar-refractivity contribution in [1.29, 1.82) is 0 Å². The van der Waals surface area contributed by atoms with Crippen molar-refractivity contribution < 1.29 is 14.6 Å². The smallest absolute Gasteiger partial charge is 0.342 e. The first kappa shape index (κ1) is 19.5. The quantitative estimate of drug-likeness (QED) is 0.682. The van der Waals surface area contributed by atoms with Crippen molar-refractivity contribution in [2.75, 3.05) is 0 Å². The first-order valence-corrected chi connectivity index (χ1v) is 8.64. The normalized spacial score (nSPS) is 14.6. The number of aromatic hydroxyl groups is 1. The van der Waals surface area contributed by atoms with Crippen LogP contribution in [0.2, 0.25) is 0 Å². The van der Waals surface area contributed by atoms with Crippen LogP contribution in [0.4, 0.5) is 0 Å². The van der Waals surface area contributed by atoms with Crippen LogP contribution < -0.4 is 0 Å². The van der Waals surface area contributed by atoms with E-state index in [-0.39, 0.29) is 22.8 Å². The van der Waals surface area contributed by atoms with Crippen LogP contribution in [-0.4, -0.2) is 17.2 Å². The van der Waals surface area contributed by atoms with Crippen LogP contribution in [0.25, 0.3) is 0 Å². The first-order chi connectivity index (χ1) is 10.6. The number of carbonyl (C=O) groups is 1. The minimum absolute atomic E-state index is 0.0244. The SMILES string of the molecule is CCC(CC(CC(C)C)OC(=O)c1ccccc1O)C(C)(C)C. The van der Waals surface area contributed by atoms with Gasteiger partial charge in [0.25, 0.3) is 0 Å². The molecule has 1 N–H and O–H groups in total. The maximum atomic E-state index is 12.4. The first-order valence-electron chi connectivity index (χ1n) is 8.64. The number of rotatable bonds is 7. The molecule has 0 heterocycles. The van der Waals surface area contributed by atoms with Crippen LogP contribution in [0, 0.1) is 17.3 Å². The van der Waals surface area contributed by atoms with Gasteiger partial charge in [0.15, 0.2) is 0 Å². The van der Waals surface area contributed by atoms with Crippen molar-refractivity contribution in [2.45, 2.75) is 66.9 Å². The summed E-state index contributed by atoms with van der Waals surface area (Å²) in [6.45, 7) is 13.2. The van der Waals surface area contributed by atoms with Crippen molar-refractivity contribution in [1.82, 2.24) is 0 Å². The van der Waals surface area contributed by atoms with E-state index >= 15 is 0 Å². The van der Waals surface area contributed by atoms with Gasteiger partial charge in [0, 0.05) is 0 Å². The number of esters is 1. The summed E-state index contributed by atoms with van der Waals surface area (Å²) >= 11 is 0. The summed E-state index contributed by atoms with van der Waals surface area (Å²) in [4.78, 5) is 12.4. The summed E-state index contributed by atoms with van der Waals surface area (Å²) in [5.74, 6) is 0.485. The van der Waals surface area contributed by atoms with Crippen LogP contribution in [0.15, 0.2) is 24.3 Å². The topological polar surface area (TPSA) is 46.5 Å². The number of para-hydroxylation sites is 1. The van der Waals surface area contributed by atoms with Gasteiger partial charge in [0.1, 0.15) is 17.4 Å². The second-order valence-corrected chi connectivity index (χ2v) is 7.88. The summed E-state index contributed by atoms with van der Waals surface area (Å²) in [6, 6.07) is 6.55. The second kappa shape index (κ2) is 8.37. The van der Waals surface area contributed by atoms with E-state index in [9.17, 15) is 9.90 Å². The van der Waals surface area contributed by atoms with Gasteiger partial charge < -0.3 is 9.84 Å². The highest BCUT2D eigenvalue weighted by Crippen LogP contribution is 2.34. The zero-order valence-electron chi connectivity index (χ0n) is 15.4. The molecule has 0 aliphatic rings. The molecule has 0 aliphatic heterocycles. The largest absolute Gasteiger partial charge is 0.507 e. The van der Waals surface area contributed by atoms with E-state index in [4.69, 9.17) is 4.74 Å². The number of carbonyl (C=O) groups excluding carboxylic acids is 1. The van der Waals surface area contributed by atoms with E-state index in [2.05, 4.69) is 41.5 Å². The Morgan fingerprint density at radius 2 is 1.78 bits per heavy atom. The lowest BCUT2D eigenvalue weighted by atomic mass is 9.75. The molecule has 0 aliphatic carbocycles. The molecule has 130 valence electrons. The summed E-state index contributed by atoms with van der Waals surface area (Å²) in [5, 5.41) is 9.83. The molecule has 0 fully saturated rings. The van der Waals surface area contributed by atoms with Gasteiger partial charge in [0.05, 0.1) is 0 Å². The molecule has 1 aromatic carbocycles. The number of hydrogen-bond donors (Lipinski definition) is 1. The molecule has 2 atom stereocenters. The van der Waals surface area contributed by atoms with E-state index < -0.39 is 5.97 Å². The second-order valence-electron chi connectivity index (χ2n) is 7.88. The van der Waals surface area contributed by atoms with Crippen LogP contribution >= 0.6 is 0 Å². The van der Waals surface area contributed by atoms with E-state index in [0.717, 1.165) is 19.3 Å². The molecule has 1 rings (SSSR count). The predicted octanol–water partition coefficient (Wildman–Crippen LogP) is 5.43. The van der Waals surface area contributed by atoms with Gasteiger partial charge in [-0.2, -0.15) is 0 Å². The molecule has 2 unspecified atom stereocenters. The van der Waals surface area contributed by atoms with Gasteiger partial charge in [-0.3, -0.25) is 0 Å². The average molecular weight is 320 g/mol. The summed E-state index contributed by atoms with van der Waals surface area (Å²) in [5.41, 5.74) is 0.427. The fourth-order valence-corrected chi connectivity index (χ4v) is 3.03. The van der Waals surface area contributed by atoms with E-state index in [0.29, 0.717) is 11.8 Å². The van der Waals surface area contributed by atoms with Gasteiger partial charge in [-0.15, -0.1) is 0 Å². The lowest BCUT2D eigenvalue weighted by Gasteiger charge is -2.33. The Hall–Kier alpha value is -1.51. The van der Waals surface area contributed by atoms with Crippen molar-refractivity contribution in [3.63, 3.8) is 0 Å². The average Bonchev–Trinajstić information content (AvgIpc) is 2.42. The third-order valence-electron chi connectivity index (χ3n) is 4.40. The standard InChI is InChI=1S/C20H32O3/c1-7-15(20(4,5)6)13-16(12-14(2)3)23-19(22)17-10-8-9-11-18(17)21/h8-11,14-16,21H,7,12-13H2,1-6H3. The minimum atomic E-state index is -0.433. The third-order valence-corrected chi connectivity index (χ3v) is 4.40. The van der Waals surface area contributed by atoms with Crippen molar-refractivity contribution in [3.05, 3.63) is 29.8 Å². The molecule has 0 spiro atoms. The lowest BCUT2D eigenvalue weighted by Crippen LogP contribution is -2.29. The number of phenolic OH excluding ortho intramolecular Hbond substituents is 1. The predicted molar refractivity (Wildman–Crippen MR) is 94.6 cm³/mol. The third kappa shape index (κ3) is 6.25. The van der Waals surface area contributed by atoms with E-state index in [1.807, 2.05) is 0 Å². The summed E-state index contributed by atoms with van der Waals surface area (Å²) < 4.78 is 5.76. The molecular formula is C20H32O3. The number of benzene rings is 1. The molecule has 0 saturated heterocycles. The maximum Gasteiger partial charge on any atom is 0.342 e. The Bertz CT molecular complexity index is 500. The summed E-state index contributed by atoms with van der Waals surface area (Å²) in [7, 11) is 0. The van der Waals surface area contributed by atoms with Crippen LogP contribution in [0.1, 0.15) is 71.2 Å². The molecule has 3 heteroatoms. The Balaban J connectivity index is 2.86. The highest BCUT2D eigenvalue weighted by molar-refractivity contribution is 5.92. The van der Waals surface area contributed by atoms with Gasteiger partial charge in [-0.1, -0.05) is 60.1 Å². The Labute approximate surface area is 141 Å². The fourth-order valence-electron chi connectivity index (χ4n) is 3.03. The van der Waals surface area contributed by atoms with Gasteiger partial charge in [-0.05, 0) is 42.2 Å². The fraction of sp³-hybridized carbons (Fsp3) is 0.650. The zero-order chi connectivity index (χ0) is 17.6. The minimum Gasteiger partial charge on any atom is -0.507 e. The van der Waals surface area contributed by atoms with Gasteiger partial charge in [0.2, 0.25) is 0 Å². The van der Waals surface area contributed by atoms with Crippen LogP contribution in [0.5, 0.6) is 5.75 Å². The Kier molecular flexibility index (Phi) is 7.11. The van der Waals surface area contributed by atoms with Crippen LogP contribution in [0.3, 0.4) is 0 Å². The molecule has 23 heavy (non-hydrogen) atoms. The van der Waals surface area contributed by atoms with Gasteiger partial charge >= 0.3 is 5.97 Å². The highest BCUT2D eigenvalue weighted by Gasteiger charge is 2.28. The zero-order valence-corrected chi connectivity index (χ0v) is 15.4. The van der Waals surface area contributed by atoms with Crippen molar-refractivity contribution >= 4 is 5.97 Å². The molecule has 1 aromatic rings. The van der Waals surface area contributed by atoms with E-state index in [1.165, 1.54) is 6.07 Å². The number of hydrogen-bond acceptors (Lipinski definition) is 3. The molecule has 0 aromatic heterocycles. The number of ether oxygens (including phenoxy) is 1. The molecular weight excluding hydrogens is 288 g/mol.